The fraction of sp³-hybridized carbons (Fsp3) is 0.188. The number of hydrogen-bond donors (Lipinski definition) is 1. The van der Waals surface area contributed by atoms with Gasteiger partial charge in [-0.2, -0.15) is 0 Å². The average Bonchev–Trinajstić information content (AvgIpc) is 2.53. The normalized spacial score (nSPS) is 10.0. The minimum absolute atomic E-state index is 0.0754. The molecule has 2 aromatic rings. The first kappa shape index (κ1) is 15.5. The predicted molar refractivity (Wildman–Crippen MR) is 83.0 cm³/mol. The number of rotatable bonds is 6. The molecule has 0 unspecified atom stereocenters. The van der Waals surface area contributed by atoms with E-state index in [1.54, 1.807) is 12.1 Å². The lowest BCUT2D eigenvalue weighted by atomic mass is 10.1. The molecule has 0 saturated carbocycles. The number of amides is 1. The molecule has 114 valence electrons. The second kappa shape index (κ2) is 7.21. The van der Waals surface area contributed by atoms with Gasteiger partial charge in [0.1, 0.15) is 5.75 Å². The van der Waals surface area contributed by atoms with Crippen LogP contribution in [0, 0.1) is 10.1 Å². The van der Waals surface area contributed by atoms with E-state index in [0.29, 0.717) is 5.69 Å². The van der Waals surface area contributed by atoms with Crippen LogP contribution >= 0.6 is 0 Å². The Hall–Kier alpha value is -2.89. The summed E-state index contributed by atoms with van der Waals surface area (Å²) >= 11 is 0. The molecule has 0 aliphatic heterocycles. The Balaban J connectivity index is 1.92. The molecule has 0 aliphatic carbocycles. The van der Waals surface area contributed by atoms with Crippen molar-refractivity contribution in [3.05, 3.63) is 64.2 Å². The first-order valence-corrected chi connectivity index (χ1v) is 6.84. The Morgan fingerprint density at radius 2 is 2.00 bits per heavy atom. The molecule has 2 rings (SSSR count). The summed E-state index contributed by atoms with van der Waals surface area (Å²) in [5.41, 5.74) is 1.75. The molecule has 0 saturated heterocycles. The summed E-state index contributed by atoms with van der Waals surface area (Å²) in [5.74, 6) is -0.0357. The van der Waals surface area contributed by atoms with E-state index in [0.717, 1.165) is 12.0 Å². The number of nitro benzene ring substituents is 1. The van der Waals surface area contributed by atoms with Crippen LogP contribution in [-0.2, 0) is 11.2 Å². The molecule has 2 aromatic carbocycles. The third-order valence-electron chi connectivity index (χ3n) is 3.02. The van der Waals surface area contributed by atoms with E-state index in [-0.39, 0.29) is 24.0 Å². The summed E-state index contributed by atoms with van der Waals surface area (Å²) in [6.07, 6.45) is 0.883. The zero-order valence-electron chi connectivity index (χ0n) is 12.1. The maximum atomic E-state index is 11.8. The highest BCUT2D eigenvalue weighted by Crippen LogP contribution is 2.19. The Kier molecular flexibility index (Phi) is 5.08. The van der Waals surface area contributed by atoms with Crippen molar-refractivity contribution in [3.8, 4) is 5.75 Å². The van der Waals surface area contributed by atoms with Crippen molar-refractivity contribution in [1.82, 2.24) is 0 Å². The summed E-state index contributed by atoms with van der Waals surface area (Å²) in [4.78, 5) is 22.0. The van der Waals surface area contributed by atoms with Gasteiger partial charge in [0.15, 0.2) is 6.61 Å². The van der Waals surface area contributed by atoms with Crippen molar-refractivity contribution < 1.29 is 14.5 Å². The van der Waals surface area contributed by atoms with Crippen molar-refractivity contribution in [3.63, 3.8) is 0 Å². The smallest absolute Gasteiger partial charge is 0.273 e. The Labute approximate surface area is 127 Å². The second-order valence-corrected chi connectivity index (χ2v) is 4.65. The van der Waals surface area contributed by atoms with Gasteiger partial charge in [-0.05, 0) is 30.2 Å². The summed E-state index contributed by atoms with van der Waals surface area (Å²) in [7, 11) is 0. The maximum absolute atomic E-state index is 11.8. The second-order valence-electron chi connectivity index (χ2n) is 4.65. The third-order valence-corrected chi connectivity index (χ3v) is 3.02. The van der Waals surface area contributed by atoms with Gasteiger partial charge in [0, 0.05) is 11.8 Å². The number of non-ortho nitro benzene ring substituents is 1. The monoisotopic (exact) mass is 300 g/mol. The number of hydrogen-bond acceptors (Lipinski definition) is 4. The fourth-order valence-corrected chi connectivity index (χ4v) is 1.90. The Morgan fingerprint density at radius 3 is 2.73 bits per heavy atom. The van der Waals surface area contributed by atoms with Gasteiger partial charge in [0.25, 0.3) is 11.6 Å². The van der Waals surface area contributed by atoms with Crippen LogP contribution in [0.25, 0.3) is 0 Å². The molecule has 0 bridgehead atoms. The number of ether oxygens (including phenoxy) is 1. The van der Waals surface area contributed by atoms with Crippen LogP contribution < -0.4 is 10.1 Å². The largest absolute Gasteiger partial charge is 0.484 e. The fourth-order valence-electron chi connectivity index (χ4n) is 1.90. The van der Waals surface area contributed by atoms with E-state index in [1.807, 2.05) is 25.1 Å². The van der Waals surface area contributed by atoms with Gasteiger partial charge in [-0.25, -0.2) is 0 Å². The van der Waals surface area contributed by atoms with Crippen LogP contribution in [0.4, 0.5) is 11.4 Å². The Bertz CT molecular complexity index is 685. The summed E-state index contributed by atoms with van der Waals surface area (Å²) < 4.78 is 5.27. The van der Waals surface area contributed by atoms with Gasteiger partial charge in [-0.15, -0.1) is 0 Å². The lowest BCUT2D eigenvalue weighted by molar-refractivity contribution is -0.384. The van der Waals surface area contributed by atoms with E-state index in [2.05, 4.69) is 5.32 Å². The molecule has 22 heavy (non-hydrogen) atoms. The summed E-state index contributed by atoms with van der Waals surface area (Å²) in [6.45, 7) is 1.82. The number of anilines is 1. The van der Waals surface area contributed by atoms with Crippen molar-refractivity contribution in [2.24, 2.45) is 0 Å². The van der Waals surface area contributed by atoms with Crippen molar-refractivity contribution in [2.75, 3.05) is 11.9 Å². The SMILES string of the molecule is CCc1cccc(NC(=O)COc2cccc([N+](=O)[O-])c2)c1. The minimum atomic E-state index is -0.511. The number of benzene rings is 2. The highest BCUT2D eigenvalue weighted by Gasteiger charge is 2.08. The topological polar surface area (TPSA) is 81.5 Å². The van der Waals surface area contributed by atoms with Crippen LogP contribution in [0.2, 0.25) is 0 Å². The number of carbonyl (C=O) groups excluding carboxylic acids is 1. The highest BCUT2D eigenvalue weighted by molar-refractivity contribution is 5.91. The van der Waals surface area contributed by atoms with Crippen molar-refractivity contribution >= 4 is 17.3 Å². The average molecular weight is 300 g/mol. The van der Waals surface area contributed by atoms with Crippen LogP contribution in [0.15, 0.2) is 48.5 Å². The molecule has 1 N–H and O–H groups in total. The van der Waals surface area contributed by atoms with E-state index in [9.17, 15) is 14.9 Å². The maximum Gasteiger partial charge on any atom is 0.273 e. The molecule has 0 atom stereocenters. The number of nitrogens with one attached hydrogen (secondary N) is 1. The lowest BCUT2D eigenvalue weighted by Crippen LogP contribution is -2.20. The number of aryl methyl sites for hydroxylation is 1. The standard InChI is InChI=1S/C16H16N2O4/c1-2-12-5-3-6-13(9-12)17-16(19)11-22-15-8-4-7-14(10-15)18(20)21/h3-10H,2,11H2,1H3,(H,17,19). The number of nitro groups is 1. The molecule has 0 aromatic heterocycles. The zero-order chi connectivity index (χ0) is 15.9. The van der Waals surface area contributed by atoms with Crippen LogP contribution in [-0.4, -0.2) is 17.4 Å². The van der Waals surface area contributed by atoms with Gasteiger partial charge in [-0.1, -0.05) is 25.1 Å². The zero-order valence-corrected chi connectivity index (χ0v) is 12.1. The first-order chi connectivity index (χ1) is 10.6. The van der Waals surface area contributed by atoms with Gasteiger partial charge in [0.05, 0.1) is 11.0 Å². The predicted octanol–water partition coefficient (Wildman–Crippen LogP) is 3.17. The van der Waals surface area contributed by atoms with E-state index >= 15 is 0 Å². The third kappa shape index (κ3) is 4.31. The molecular weight excluding hydrogens is 284 g/mol. The number of carbonyl (C=O) groups is 1. The highest BCUT2D eigenvalue weighted by atomic mass is 16.6. The molecular formula is C16H16N2O4. The molecule has 0 aliphatic rings. The van der Waals surface area contributed by atoms with Gasteiger partial charge < -0.3 is 10.1 Å². The summed E-state index contributed by atoms with van der Waals surface area (Å²) in [6, 6.07) is 13.3. The van der Waals surface area contributed by atoms with Gasteiger partial charge >= 0.3 is 0 Å². The van der Waals surface area contributed by atoms with Crippen molar-refractivity contribution in [2.45, 2.75) is 13.3 Å². The molecule has 0 radical (unpaired) electrons. The lowest BCUT2D eigenvalue weighted by Gasteiger charge is -2.08. The van der Waals surface area contributed by atoms with Crippen molar-refractivity contribution in [1.29, 1.82) is 0 Å². The van der Waals surface area contributed by atoms with Crippen LogP contribution in [0.5, 0.6) is 5.75 Å². The van der Waals surface area contributed by atoms with E-state index in [1.165, 1.54) is 18.2 Å². The van der Waals surface area contributed by atoms with Gasteiger partial charge in [-0.3, -0.25) is 14.9 Å². The minimum Gasteiger partial charge on any atom is -0.484 e. The quantitative estimate of drug-likeness (QED) is 0.656. The molecule has 6 nitrogen and oxygen atoms in total. The molecule has 0 heterocycles. The molecule has 1 amide bonds. The van der Waals surface area contributed by atoms with E-state index < -0.39 is 4.92 Å². The molecule has 0 spiro atoms. The molecule has 0 fully saturated rings. The van der Waals surface area contributed by atoms with E-state index in [4.69, 9.17) is 4.74 Å². The molecule has 6 heteroatoms. The summed E-state index contributed by atoms with van der Waals surface area (Å²) in [5, 5.41) is 13.4. The Morgan fingerprint density at radius 1 is 1.23 bits per heavy atom. The first-order valence-electron chi connectivity index (χ1n) is 6.84. The van der Waals surface area contributed by atoms with Crippen LogP contribution in [0.3, 0.4) is 0 Å². The number of nitrogens with zero attached hydrogens (tertiary/aromatic N) is 1. The van der Waals surface area contributed by atoms with Crippen LogP contribution in [0.1, 0.15) is 12.5 Å². The van der Waals surface area contributed by atoms with Gasteiger partial charge in [0.2, 0.25) is 0 Å².